The highest BCUT2D eigenvalue weighted by atomic mass is 19.1. The molecule has 4 aromatic rings. The highest BCUT2D eigenvalue weighted by Crippen LogP contribution is 2.29. The van der Waals surface area contributed by atoms with Crippen LogP contribution >= 0.6 is 0 Å². The third kappa shape index (κ3) is 3.25. The number of piperazine rings is 1. The fourth-order valence-electron chi connectivity index (χ4n) is 3.97. The minimum atomic E-state index is -0.488. The van der Waals surface area contributed by atoms with Gasteiger partial charge in [-0.15, -0.1) is 0 Å². The Labute approximate surface area is 172 Å². The lowest BCUT2D eigenvalue weighted by molar-refractivity contribution is 0.102. The first-order chi connectivity index (χ1) is 14.6. The van der Waals surface area contributed by atoms with Crippen LogP contribution in [0.3, 0.4) is 0 Å². The molecule has 1 aromatic carbocycles. The fourth-order valence-corrected chi connectivity index (χ4v) is 3.97. The average molecular weight is 404 g/mol. The number of pyridine rings is 2. The lowest BCUT2D eigenvalue weighted by atomic mass is 10.1. The van der Waals surface area contributed by atoms with E-state index in [9.17, 15) is 9.18 Å². The maximum Gasteiger partial charge on any atom is 0.257 e. The molecule has 1 aliphatic rings. The van der Waals surface area contributed by atoms with Crippen molar-refractivity contribution in [3.8, 4) is 0 Å². The normalized spacial score (nSPS) is 14.4. The Bertz CT molecular complexity index is 1260. The van der Waals surface area contributed by atoms with Crippen molar-refractivity contribution >= 4 is 33.8 Å². The van der Waals surface area contributed by atoms with Gasteiger partial charge in [0, 0.05) is 61.9 Å². The maximum absolute atomic E-state index is 14.4. The van der Waals surface area contributed by atoms with Gasteiger partial charge in [0.15, 0.2) is 11.5 Å². The number of rotatable bonds is 3. The first-order valence-electron chi connectivity index (χ1n) is 9.90. The molecule has 0 spiro atoms. The van der Waals surface area contributed by atoms with Crippen LogP contribution in [-0.4, -0.2) is 46.5 Å². The number of amides is 1. The Hall–Kier alpha value is -3.52. The van der Waals surface area contributed by atoms with Gasteiger partial charge in [0.25, 0.3) is 5.91 Å². The lowest BCUT2D eigenvalue weighted by Gasteiger charge is -2.30. The Kier molecular flexibility index (Phi) is 4.55. The molecule has 0 radical (unpaired) electrons. The third-order valence-corrected chi connectivity index (χ3v) is 5.33. The molecule has 0 bridgehead atoms. The zero-order valence-electron chi connectivity index (χ0n) is 16.5. The van der Waals surface area contributed by atoms with Gasteiger partial charge in [-0.05, 0) is 31.2 Å². The van der Waals surface area contributed by atoms with Crippen LogP contribution in [0.4, 0.5) is 15.8 Å². The summed E-state index contributed by atoms with van der Waals surface area (Å²) >= 11 is 0. The van der Waals surface area contributed by atoms with E-state index in [4.69, 9.17) is 0 Å². The number of carbonyl (C=O) groups excluding carboxylic acids is 1. The predicted octanol–water partition coefficient (Wildman–Crippen LogP) is 2.99. The molecule has 5 rings (SSSR count). The van der Waals surface area contributed by atoms with Gasteiger partial charge in [-0.1, -0.05) is 0 Å². The van der Waals surface area contributed by atoms with Gasteiger partial charge in [-0.3, -0.25) is 9.78 Å². The largest absolute Gasteiger partial charge is 0.368 e. The monoisotopic (exact) mass is 404 g/mol. The van der Waals surface area contributed by atoms with E-state index < -0.39 is 5.82 Å². The van der Waals surface area contributed by atoms with Crippen LogP contribution < -0.4 is 15.5 Å². The summed E-state index contributed by atoms with van der Waals surface area (Å²) in [4.78, 5) is 24.0. The second-order valence-electron chi connectivity index (χ2n) is 7.41. The first kappa shape index (κ1) is 18.5. The summed E-state index contributed by atoms with van der Waals surface area (Å²) in [6.07, 6.45) is 5.05. The molecule has 152 valence electrons. The van der Waals surface area contributed by atoms with Crippen molar-refractivity contribution in [2.75, 3.05) is 36.4 Å². The van der Waals surface area contributed by atoms with E-state index in [0.29, 0.717) is 22.5 Å². The molecule has 4 heterocycles. The van der Waals surface area contributed by atoms with E-state index in [1.807, 2.05) is 18.2 Å². The van der Waals surface area contributed by atoms with Crippen molar-refractivity contribution in [3.63, 3.8) is 0 Å². The number of imidazole rings is 1. The van der Waals surface area contributed by atoms with E-state index in [-0.39, 0.29) is 11.6 Å². The summed E-state index contributed by atoms with van der Waals surface area (Å²) in [7, 11) is 0. The van der Waals surface area contributed by atoms with Crippen LogP contribution in [0.5, 0.6) is 0 Å². The van der Waals surface area contributed by atoms with Gasteiger partial charge in [-0.2, -0.15) is 0 Å². The molecule has 8 heteroatoms. The van der Waals surface area contributed by atoms with Crippen molar-refractivity contribution in [3.05, 3.63) is 66.0 Å². The number of nitrogens with one attached hydrogen (secondary N) is 2. The van der Waals surface area contributed by atoms with Crippen molar-refractivity contribution < 1.29 is 9.18 Å². The van der Waals surface area contributed by atoms with Crippen LogP contribution in [-0.2, 0) is 0 Å². The minimum absolute atomic E-state index is 0.234. The maximum atomic E-state index is 14.4. The Morgan fingerprint density at radius 3 is 2.87 bits per heavy atom. The average Bonchev–Trinajstić information content (AvgIpc) is 3.14. The van der Waals surface area contributed by atoms with E-state index in [2.05, 4.69) is 25.5 Å². The molecule has 1 saturated heterocycles. The number of anilines is 2. The predicted molar refractivity (Wildman–Crippen MR) is 115 cm³/mol. The number of halogens is 1. The molecule has 1 fully saturated rings. The van der Waals surface area contributed by atoms with Gasteiger partial charge in [0.2, 0.25) is 0 Å². The SMILES string of the molecule is Cc1cn2cc(NC(=O)c3ccc(N4CCNCC4)c4cccnc34)cc(F)c2n1. The molecule has 0 unspecified atom stereocenters. The molecule has 1 amide bonds. The number of hydrogen-bond donors (Lipinski definition) is 2. The molecule has 7 nitrogen and oxygen atoms in total. The van der Waals surface area contributed by atoms with Crippen LogP contribution in [0.2, 0.25) is 0 Å². The van der Waals surface area contributed by atoms with E-state index in [1.165, 1.54) is 6.07 Å². The summed E-state index contributed by atoms with van der Waals surface area (Å²) < 4.78 is 15.9. The smallest absolute Gasteiger partial charge is 0.257 e. The second kappa shape index (κ2) is 7.38. The summed E-state index contributed by atoms with van der Waals surface area (Å²) in [6, 6.07) is 8.90. The molecule has 3 aromatic heterocycles. The molecule has 30 heavy (non-hydrogen) atoms. The number of nitrogens with zero attached hydrogens (tertiary/aromatic N) is 4. The summed E-state index contributed by atoms with van der Waals surface area (Å²) in [6.45, 7) is 5.44. The van der Waals surface area contributed by atoms with Crippen LogP contribution in [0, 0.1) is 12.7 Å². The number of carbonyl (C=O) groups is 1. The molecule has 0 saturated carbocycles. The number of hydrogen-bond acceptors (Lipinski definition) is 5. The van der Waals surface area contributed by atoms with Crippen LogP contribution in [0.1, 0.15) is 16.1 Å². The summed E-state index contributed by atoms with van der Waals surface area (Å²) in [5.74, 6) is -0.820. The molecule has 0 atom stereocenters. The number of aryl methyl sites for hydroxylation is 1. The van der Waals surface area contributed by atoms with Gasteiger partial charge < -0.3 is 19.9 Å². The van der Waals surface area contributed by atoms with Crippen LogP contribution in [0.15, 0.2) is 48.9 Å². The second-order valence-corrected chi connectivity index (χ2v) is 7.41. The Morgan fingerprint density at radius 1 is 1.20 bits per heavy atom. The molecule has 0 aliphatic carbocycles. The summed E-state index contributed by atoms with van der Waals surface area (Å²) in [5.41, 5.74) is 3.45. The van der Waals surface area contributed by atoms with E-state index in [0.717, 1.165) is 37.3 Å². The highest BCUT2D eigenvalue weighted by molar-refractivity contribution is 6.13. The number of aromatic nitrogens is 3. The van der Waals surface area contributed by atoms with E-state index in [1.54, 1.807) is 36.0 Å². The molecule has 2 N–H and O–H groups in total. The standard InChI is InChI=1S/C22H21FN6O/c1-14-12-29-13-15(11-18(23)21(29)26-14)27-22(30)17-4-5-19(28-9-7-24-8-10-28)16-3-2-6-25-20(16)17/h2-6,11-13,24H,7-10H2,1H3,(H,27,30). The van der Waals surface area contributed by atoms with Crippen molar-refractivity contribution in [1.29, 1.82) is 0 Å². The van der Waals surface area contributed by atoms with Gasteiger partial charge >= 0.3 is 0 Å². The number of benzene rings is 1. The summed E-state index contributed by atoms with van der Waals surface area (Å²) in [5, 5.41) is 7.08. The highest BCUT2D eigenvalue weighted by Gasteiger charge is 2.19. The number of fused-ring (bicyclic) bond motifs is 2. The zero-order chi connectivity index (χ0) is 20.7. The quantitative estimate of drug-likeness (QED) is 0.549. The van der Waals surface area contributed by atoms with Gasteiger partial charge in [0.1, 0.15) is 0 Å². The van der Waals surface area contributed by atoms with Gasteiger partial charge in [0.05, 0.1) is 22.5 Å². The molecule has 1 aliphatic heterocycles. The molecular weight excluding hydrogens is 383 g/mol. The van der Waals surface area contributed by atoms with Crippen molar-refractivity contribution in [2.24, 2.45) is 0 Å². The van der Waals surface area contributed by atoms with Crippen molar-refractivity contribution in [1.82, 2.24) is 19.7 Å². The first-order valence-corrected chi connectivity index (χ1v) is 9.90. The lowest BCUT2D eigenvalue weighted by Crippen LogP contribution is -2.43. The van der Waals surface area contributed by atoms with Crippen molar-refractivity contribution in [2.45, 2.75) is 6.92 Å². The molecular formula is C22H21FN6O. The minimum Gasteiger partial charge on any atom is -0.368 e. The zero-order valence-corrected chi connectivity index (χ0v) is 16.5. The van der Waals surface area contributed by atoms with Gasteiger partial charge in [-0.25, -0.2) is 9.37 Å². The fraction of sp³-hybridized carbons (Fsp3) is 0.227. The van der Waals surface area contributed by atoms with E-state index >= 15 is 0 Å². The topological polar surface area (TPSA) is 74.6 Å². The third-order valence-electron chi connectivity index (χ3n) is 5.33. The Balaban J connectivity index is 1.51. The van der Waals surface area contributed by atoms with Crippen LogP contribution in [0.25, 0.3) is 16.6 Å². The Morgan fingerprint density at radius 2 is 2.03 bits per heavy atom.